The second kappa shape index (κ2) is 9.94. The second-order valence-corrected chi connectivity index (χ2v) is 10.4. The molecule has 7 nitrogen and oxygen atoms in total. The first-order valence-electron chi connectivity index (χ1n) is 12.2. The van der Waals surface area contributed by atoms with Gasteiger partial charge < -0.3 is 9.64 Å². The van der Waals surface area contributed by atoms with Gasteiger partial charge >= 0.3 is 5.97 Å². The van der Waals surface area contributed by atoms with Crippen LogP contribution in [0.15, 0.2) is 41.5 Å². The van der Waals surface area contributed by atoms with Crippen molar-refractivity contribution in [3.8, 4) is 0 Å². The van der Waals surface area contributed by atoms with Gasteiger partial charge in [0.25, 0.3) is 5.91 Å². The van der Waals surface area contributed by atoms with Gasteiger partial charge in [0.15, 0.2) is 11.8 Å². The Morgan fingerprint density at radius 1 is 1.25 bits per heavy atom. The first-order chi connectivity index (χ1) is 17.4. The number of hydrogen-bond donors (Lipinski definition) is 0. The van der Waals surface area contributed by atoms with Crippen LogP contribution in [-0.2, 0) is 27.2 Å². The molecule has 2 aromatic rings. The highest BCUT2D eigenvalue weighted by molar-refractivity contribution is 6.54. The molecule has 36 heavy (non-hydrogen) atoms. The van der Waals surface area contributed by atoms with Crippen molar-refractivity contribution in [1.82, 2.24) is 4.98 Å². The van der Waals surface area contributed by atoms with Crippen LogP contribution < -0.4 is 4.90 Å². The number of aromatic nitrogens is 1. The fourth-order valence-electron chi connectivity index (χ4n) is 5.70. The predicted octanol–water partition coefficient (Wildman–Crippen LogP) is 4.60. The van der Waals surface area contributed by atoms with E-state index in [0.29, 0.717) is 30.7 Å². The molecule has 188 valence electrons. The lowest BCUT2D eigenvalue weighted by Gasteiger charge is -2.47. The average Bonchev–Trinajstić information content (AvgIpc) is 3.33. The number of benzene rings is 1. The normalized spacial score (nSPS) is 22.3. The Labute approximate surface area is 219 Å². The van der Waals surface area contributed by atoms with Crippen molar-refractivity contribution in [2.24, 2.45) is 10.4 Å². The molecular formula is C27H27Cl2N3O4. The summed E-state index contributed by atoms with van der Waals surface area (Å²) >= 11 is 12.5. The third kappa shape index (κ3) is 4.22. The number of Topliss-reactive ketones (excluding diaryl/α,β-unsaturated/α-hetero) is 1. The number of methoxy groups -OCH3 is 1. The molecule has 0 bridgehead atoms. The van der Waals surface area contributed by atoms with Crippen LogP contribution in [-0.4, -0.2) is 53.4 Å². The van der Waals surface area contributed by atoms with Crippen LogP contribution in [0.4, 0.5) is 5.69 Å². The number of hydrogen-bond acceptors (Lipinski definition) is 6. The van der Waals surface area contributed by atoms with Gasteiger partial charge in [0, 0.05) is 24.8 Å². The Kier molecular flexibility index (Phi) is 6.88. The number of fused-ring (bicyclic) bond motifs is 1. The maximum Gasteiger partial charge on any atom is 0.330 e. The number of carbonyl (C=O) groups is 3. The van der Waals surface area contributed by atoms with E-state index in [1.54, 1.807) is 23.2 Å². The van der Waals surface area contributed by atoms with Crippen molar-refractivity contribution in [2.45, 2.75) is 56.4 Å². The summed E-state index contributed by atoms with van der Waals surface area (Å²) in [7, 11) is 1.34. The summed E-state index contributed by atoms with van der Waals surface area (Å²) in [5, 5.41) is -0.593. The van der Waals surface area contributed by atoms with Gasteiger partial charge in [-0.15, -0.1) is 11.6 Å². The Balaban J connectivity index is 1.39. The van der Waals surface area contributed by atoms with E-state index in [1.165, 1.54) is 7.11 Å². The molecule has 2 saturated carbocycles. The number of pyridine rings is 1. The van der Waals surface area contributed by atoms with E-state index in [2.05, 4.69) is 4.98 Å². The molecule has 1 spiro atoms. The molecule has 2 unspecified atom stereocenters. The van der Waals surface area contributed by atoms with Crippen LogP contribution >= 0.6 is 23.2 Å². The zero-order chi connectivity index (χ0) is 25.4. The first kappa shape index (κ1) is 24.9. The lowest BCUT2D eigenvalue weighted by molar-refractivity contribution is -0.142. The Morgan fingerprint density at radius 3 is 2.75 bits per heavy atom. The molecule has 3 aliphatic rings. The monoisotopic (exact) mass is 527 g/mol. The third-order valence-corrected chi connectivity index (χ3v) is 8.32. The van der Waals surface area contributed by atoms with Gasteiger partial charge in [-0.25, -0.2) is 9.78 Å². The highest BCUT2D eigenvalue weighted by Crippen LogP contribution is 2.49. The molecule has 1 amide bonds. The number of alkyl halides is 1. The van der Waals surface area contributed by atoms with E-state index >= 15 is 0 Å². The summed E-state index contributed by atoms with van der Waals surface area (Å²) < 4.78 is 5.05. The van der Waals surface area contributed by atoms with E-state index in [9.17, 15) is 14.4 Å². The van der Waals surface area contributed by atoms with Gasteiger partial charge in [-0.05, 0) is 48.6 Å². The standard InChI is InChI=1S/C27H27Cl2N3O4/c1-36-26(35)19(31-22-21(28)23(33)27(22)10-3-2-4-11-27)15-16-7-8-20-17(14-16)9-13-32(20)25(34)18-6-5-12-30-24(18)29/h5-8,12,14,19,21H,2-4,9-11,13,15H2,1H3. The number of ether oxygens (including phenoxy) is 1. The number of anilines is 1. The van der Waals surface area contributed by atoms with Gasteiger partial charge in [0.2, 0.25) is 0 Å². The number of nitrogens with zero attached hydrogens (tertiary/aromatic N) is 3. The number of rotatable bonds is 5. The minimum absolute atomic E-state index is 0.0299. The van der Waals surface area contributed by atoms with Crippen molar-refractivity contribution in [3.05, 3.63) is 58.4 Å². The van der Waals surface area contributed by atoms with Crippen LogP contribution in [0.2, 0.25) is 5.15 Å². The Bertz CT molecular complexity index is 1260. The topological polar surface area (TPSA) is 88.9 Å². The van der Waals surface area contributed by atoms with Gasteiger partial charge in [0.05, 0.1) is 23.8 Å². The van der Waals surface area contributed by atoms with E-state index in [4.69, 9.17) is 32.9 Å². The lowest BCUT2D eigenvalue weighted by atomic mass is 9.58. The summed E-state index contributed by atoms with van der Waals surface area (Å²) in [5.41, 5.74) is 3.11. The van der Waals surface area contributed by atoms with Gasteiger partial charge in [-0.2, -0.15) is 0 Å². The number of carbonyl (C=O) groups excluding carboxylic acids is 3. The highest BCUT2D eigenvalue weighted by Gasteiger charge is 2.58. The number of aliphatic imine (C=N–C) groups is 1. The van der Waals surface area contributed by atoms with Crippen molar-refractivity contribution >= 4 is 52.3 Å². The highest BCUT2D eigenvalue weighted by atomic mass is 35.5. The molecule has 0 radical (unpaired) electrons. The molecule has 2 heterocycles. The van der Waals surface area contributed by atoms with E-state index in [-0.39, 0.29) is 16.8 Å². The molecule has 1 aromatic carbocycles. The predicted molar refractivity (Wildman–Crippen MR) is 138 cm³/mol. The SMILES string of the molecule is COC(=O)C(Cc1ccc2c(c1)CCN2C(=O)c1cccnc1Cl)N=C1C(Cl)C(=O)C12CCCCC2. The molecule has 0 N–H and O–H groups in total. The maximum atomic E-state index is 13.1. The number of amides is 1. The fraction of sp³-hybridized carbons (Fsp3) is 0.444. The number of halogens is 2. The van der Waals surface area contributed by atoms with Crippen LogP contribution in [0, 0.1) is 5.41 Å². The smallest absolute Gasteiger partial charge is 0.330 e. The Morgan fingerprint density at radius 2 is 2.03 bits per heavy atom. The fourth-order valence-corrected chi connectivity index (χ4v) is 6.37. The van der Waals surface area contributed by atoms with Crippen LogP contribution in [0.3, 0.4) is 0 Å². The summed E-state index contributed by atoms with van der Waals surface area (Å²) in [5.74, 6) is -0.624. The largest absolute Gasteiger partial charge is 0.467 e. The molecule has 2 fully saturated rings. The average molecular weight is 528 g/mol. The summed E-state index contributed by atoms with van der Waals surface area (Å²) in [4.78, 5) is 48.9. The van der Waals surface area contributed by atoms with Crippen molar-refractivity contribution in [1.29, 1.82) is 0 Å². The van der Waals surface area contributed by atoms with Crippen LogP contribution in [0.1, 0.15) is 53.6 Å². The Hall–Kier alpha value is -2.77. The molecule has 1 aliphatic heterocycles. The second-order valence-electron chi connectivity index (χ2n) is 9.64. The van der Waals surface area contributed by atoms with Crippen LogP contribution in [0.5, 0.6) is 0 Å². The number of esters is 1. The maximum absolute atomic E-state index is 13.1. The molecule has 9 heteroatoms. The molecule has 2 atom stereocenters. The van der Waals surface area contributed by atoms with Crippen molar-refractivity contribution in [2.75, 3.05) is 18.6 Å². The van der Waals surface area contributed by atoms with E-state index in [1.807, 2.05) is 18.2 Å². The number of ketones is 1. The van der Waals surface area contributed by atoms with Gasteiger partial charge in [-0.1, -0.05) is 43.0 Å². The van der Waals surface area contributed by atoms with Crippen molar-refractivity contribution < 1.29 is 19.1 Å². The summed E-state index contributed by atoms with van der Waals surface area (Å²) in [6.07, 6.45) is 7.05. The first-order valence-corrected chi connectivity index (χ1v) is 13.1. The minimum Gasteiger partial charge on any atom is -0.467 e. The zero-order valence-electron chi connectivity index (χ0n) is 20.0. The van der Waals surface area contributed by atoms with Gasteiger partial charge in [-0.3, -0.25) is 14.6 Å². The molecular weight excluding hydrogens is 501 g/mol. The molecule has 0 saturated heterocycles. The molecule has 2 aliphatic carbocycles. The van der Waals surface area contributed by atoms with Gasteiger partial charge in [0.1, 0.15) is 10.5 Å². The molecule has 5 rings (SSSR count). The minimum atomic E-state index is -0.787. The quantitative estimate of drug-likeness (QED) is 0.322. The summed E-state index contributed by atoms with van der Waals surface area (Å²) in [6.45, 7) is 0.532. The zero-order valence-corrected chi connectivity index (χ0v) is 21.5. The summed E-state index contributed by atoms with van der Waals surface area (Å²) in [6, 6.07) is 8.35. The van der Waals surface area contributed by atoms with E-state index in [0.717, 1.165) is 48.9 Å². The van der Waals surface area contributed by atoms with E-state index < -0.39 is 22.8 Å². The molecule has 1 aromatic heterocycles. The van der Waals surface area contributed by atoms with Crippen molar-refractivity contribution in [3.63, 3.8) is 0 Å². The lowest BCUT2D eigenvalue weighted by Crippen LogP contribution is -2.61. The van der Waals surface area contributed by atoms with Crippen LogP contribution in [0.25, 0.3) is 0 Å². The third-order valence-electron chi connectivity index (χ3n) is 7.61.